The number of amides is 2. The SMILES string of the molecule is CC1CCCN(C(=O)c2ccc(NC=O)cc2)C1. The molecular weight excluding hydrogens is 228 g/mol. The van der Waals surface area contributed by atoms with E-state index in [0.29, 0.717) is 23.6 Å². The molecule has 0 bridgehead atoms. The molecule has 1 saturated heterocycles. The summed E-state index contributed by atoms with van der Waals surface area (Å²) < 4.78 is 0. The second kappa shape index (κ2) is 5.67. The van der Waals surface area contributed by atoms with Crippen LogP contribution in [0.25, 0.3) is 0 Å². The molecule has 1 unspecified atom stereocenters. The maximum atomic E-state index is 12.3. The topological polar surface area (TPSA) is 49.4 Å². The van der Waals surface area contributed by atoms with Gasteiger partial charge >= 0.3 is 0 Å². The molecule has 1 aliphatic heterocycles. The van der Waals surface area contributed by atoms with Gasteiger partial charge in [0, 0.05) is 24.3 Å². The summed E-state index contributed by atoms with van der Waals surface area (Å²) in [7, 11) is 0. The van der Waals surface area contributed by atoms with E-state index in [1.54, 1.807) is 24.3 Å². The molecule has 1 N–H and O–H groups in total. The van der Waals surface area contributed by atoms with E-state index in [0.717, 1.165) is 19.5 Å². The van der Waals surface area contributed by atoms with Crippen LogP contribution in [0.1, 0.15) is 30.1 Å². The van der Waals surface area contributed by atoms with Gasteiger partial charge in [0.05, 0.1) is 0 Å². The van der Waals surface area contributed by atoms with Crippen molar-refractivity contribution in [1.82, 2.24) is 4.90 Å². The molecule has 0 aromatic heterocycles. The molecule has 0 aliphatic carbocycles. The van der Waals surface area contributed by atoms with E-state index in [9.17, 15) is 9.59 Å². The van der Waals surface area contributed by atoms with E-state index in [1.807, 2.05) is 4.90 Å². The maximum absolute atomic E-state index is 12.3. The highest BCUT2D eigenvalue weighted by molar-refractivity contribution is 5.94. The van der Waals surface area contributed by atoms with Crippen LogP contribution in [0, 0.1) is 5.92 Å². The first-order chi connectivity index (χ1) is 8.70. The van der Waals surface area contributed by atoms with Crippen LogP contribution in [0.2, 0.25) is 0 Å². The van der Waals surface area contributed by atoms with Gasteiger partial charge in [0.15, 0.2) is 0 Å². The number of likely N-dealkylation sites (tertiary alicyclic amines) is 1. The van der Waals surface area contributed by atoms with Crippen molar-refractivity contribution >= 4 is 18.0 Å². The first-order valence-corrected chi connectivity index (χ1v) is 6.30. The molecule has 96 valence electrons. The summed E-state index contributed by atoms with van der Waals surface area (Å²) in [6, 6.07) is 7.00. The van der Waals surface area contributed by atoms with Gasteiger partial charge in [-0.2, -0.15) is 0 Å². The monoisotopic (exact) mass is 246 g/mol. The van der Waals surface area contributed by atoms with Gasteiger partial charge in [-0.05, 0) is 43.0 Å². The predicted octanol–water partition coefficient (Wildman–Crippen LogP) is 2.13. The highest BCUT2D eigenvalue weighted by Crippen LogP contribution is 2.18. The molecular formula is C14H18N2O2. The second-order valence-corrected chi connectivity index (χ2v) is 4.84. The van der Waals surface area contributed by atoms with Gasteiger partial charge in [-0.1, -0.05) is 6.92 Å². The lowest BCUT2D eigenvalue weighted by molar-refractivity contribution is -0.105. The fourth-order valence-electron chi connectivity index (χ4n) is 2.33. The zero-order valence-corrected chi connectivity index (χ0v) is 10.6. The third kappa shape index (κ3) is 2.88. The predicted molar refractivity (Wildman–Crippen MR) is 70.4 cm³/mol. The van der Waals surface area contributed by atoms with Crippen LogP contribution in [-0.2, 0) is 4.79 Å². The van der Waals surface area contributed by atoms with Crippen LogP contribution in [0.4, 0.5) is 5.69 Å². The van der Waals surface area contributed by atoms with Crippen molar-refractivity contribution in [3.05, 3.63) is 29.8 Å². The van der Waals surface area contributed by atoms with E-state index >= 15 is 0 Å². The van der Waals surface area contributed by atoms with E-state index < -0.39 is 0 Å². The van der Waals surface area contributed by atoms with Gasteiger partial charge in [0.25, 0.3) is 5.91 Å². The number of hydrogen-bond acceptors (Lipinski definition) is 2. The summed E-state index contributed by atoms with van der Waals surface area (Å²) in [5, 5.41) is 2.55. The molecule has 1 aromatic carbocycles. The molecule has 0 saturated carbocycles. The fraction of sp³-hybridized carbons (Fsp3) is 0.429. The Morgan fingerprint density at radius 1 is 1.39 bits per heavy atom. The van der Waals surface area contributed by atoms with Gasteiger partial charge in [0.2, 0.25) is 6.41 Å². The van der Waals surface area contributed by atoms with Crippen LogP contribution >= 0.6 is 0 Å². The average Bonchev–Trinajstić information content (AvgIpc) is 2.39. The molecule has 1 atom stereocenters. The van der Waals surface area contributed by atoms with Crippen molar-refractivity contribution in [2.75, 3.05) is 18.4 Å². The van der Waals surface area contributed by atoms with E-state index in [2.05, 4.69) is 12.2 Å². The first kappa shape index (κ1) is 12.6. The van der Waals surface area contributed by atoms with Crippen molar-refractivity contribution in [2.45, 2.75) is 19.8 Å². The van der Waals surface area contributed by atoms with Crippen molar-refractivity contribution in [3.8, 4) is 0 Å². The van der Waals surface area contributed by atoms with Crippen molar-refractivity contribution in [3.63, 3.8) is 0 Å². The molecule has 2 amide bonds. The van der Waals surface area contributed by atoms with Crippen molar-refractivity contribution in [2.24, 2.45) is 5.92 Å². The lowest BCUT2D eigenvalue weighted by Crippen LogP contribution is -2.39. The molecule has 0 spiro atoms. The summed E-state index contributed by atoms with van der Waals surface area (Å²) in [4.78, 5) is 24.5. The number of rotatable bonds is 3. The normalized spacial score (nSPS) is 19.4. The molecule has 0 radical (unpaired) electrons. The lowest BCUT2D eigenvalue weighted by atomic mass is 9.99. The quantitative estimate of drug-likeness (QED) is 0.830. The zero-order chi connectivity index (χ0) is 13.0. The molecule has 4 heteroatoms. The number of piperidine rings is 1. The molecule has 18 heavy (non-hydrogen) atoms. The minimum absolute atomic E-state index is 0.0826. The van der Waals surface area contributed by atoms with E-state index in [4.69, 9.17) is 0 Å². The molecule has 1 heterocycles. The maximum Gasteiger partial charge on any atom is 0.253 e. The van der Waals surface area contributed by atoms with Crippen LogP contribution < -0.4 is 5.32 Å². The number of carbonyl (C=O) groups is 2. The van der Waals surface area contributed by atoms with E-state index in [1.165, 1.54) is 6.42 Å². The van der Waals surface area contributed by atoms with Gasteiger partial charge in [-0.15, -0.1) is 0 Å². The smallest absolute Gasteiger partial charge is 0.253 e. The van der Waals surface area contributed by atoms with Gasteiger partial charge in [-0.25, -0.2) is 0 Å². The summed E-state index contributed by atoms with van der Waals surface area (Å²) in [5.41, 5.74) is 1.38. The molecule has 2 rings (SSSR count). The highest BCUT2D eigenvalue weighted by Gasteiger charge is 2.21. The van der Waals surface area contributed by atoms with Crippen LogP contribution in [0.5, 0.6) is 0 Å². The van der Waals surface area contributed by atoms with Crippen LogP contribution in [0.3, 0.4) is 0 Å². The largest absolute Gasteiger partial charge is 0.338 e. The van der Waals surface area contributed by atoms with Crippen LogP contribution in [0.15, 0.2) is 24.3 Å². The van der Waals surface area contributed by atoms with Crippen molar-refractivity contribution < 1.29 is 9.59 Å². The average molecular weight is 246 g/mol. The number of benzene rings is 1. The van der Waals surface area contributed by atoms with Crippen molar-refractivity contribution in [1.29, 1.82) is 0 Å². The number of nitrogens with zero attached hydrogens (tertiary/aromatic N) is 1. The first-order valence-electron chi connectivity index (χ1n) is 6.30. The van der Waals surface area contributed by atoms with Crippen LogP contribution in [-0.4, -0.2) is 30.3 Å². The molecule has 1 aromatic rings. The number of anilines is 1. The number of nitrogens with one attached hydrogen (secondary N) is 1. The third-order valence-corrected chi connectivity index (χ3v) is 3.30. The highest BCUT2D eigenvalue weighted by atomic mass is 16.2. The Balaban J connectivity index is 2.05. The van der Waals surface area contributed by atoms with Gasteiger partial charge in [-0.3, -0.25) is 9.59 Å². The summed E-state index contributed by atoms with van der Waals surface area (Å²) in [6.07, 6.45) is 2.91. The Morgan fingerprint density at radius 2 is 2.11 bits per heavy atom. The Hall–Kier alpha value is -1.84. The lowest BCUT2D eigenvalue weighted by Gasteiger charge is -2.31. The number of carbonyl (C=O) groups excluding carboxylic acids is 2. The fourth-order valence-corrected chi connectivity index (χ4v) is 2.33. The van der Waals surface area contributed by atoms with Gasteiger partial charge < -0.3 is 10.2 Å². The molecule has 1 fully saturated rings. The minimum Gasteiger partial charge on any atom is -0.338 e. The van der Waals surface area contributed by atoms with E-state index in [-0.39, 0.29) is 5.91 Å². The minimum atomic E-state index is 0.0826. The Kier molecular flexibility index (Phi) is 3.97. The van der Waals surface area contributed by atoms with Gasteiger partial charge in [0.1, 0.15) is 0 Å². The molecule has 4 nitrogen and oxygen atoms in total. The Bertz CT molecular complexity index is 428. The zero-order valence-electron chi connectivity index (χ0n) is 10.6. The second-order valence-electron chi connectivity index (χ2n) is 4.84. The summed E-state index contributed by atoms with van der Waals surface area (Å²) in [5.74, 6) is 0.665. The number of hydrogen-bond donors (Lipinski definition) is 1. The third-order valence-electron chi connectivity index (χ3n) is 3.30. The standard InChI is InChI=1S/C14H18N2O2/c1-11-3-2-8-16(9-11)14(18)12-4-6-13(7-5-12)15-10-17/h4-7,10-11H,2-3,8-9H2,1H3,(H,15,17). The Labute approximate surface area is 107 Å². The Morgan fingerprint density at radius 3 is 2.72 bits per heavy atom. The molecule has 1 aliphatic rings. The summed E-state index contributed by atoms with van der Waals surface area (Å²) >= 11 is 0. The summed E-state index contributed by atoms with van der Waals surface area (Å²) in [6.45, 7) is 3.86.